The van der Waals surface area contributed by atoms with E-state index in [4.69, 9.17) is 9.84 Å². The number of aliphatic hydroxyl groups excluding tert-OH is 1. The summed E-state index contributed by atoms with van der Waals surface area (Å²) >= 11 is 0. The summed E-state index contributed by atoms with van der Waals surface area (Å²) in [5.74, 6) is -0.856. The first-order valence-corrected chi connectivity index (χ1v) is 4.13. The number of rotatable bonds is 4. The number of carboxylic acids is 1. The van der Waals surface area contributed by atoms with E-state index in [1.165, 1.54) is 18.5 Å². The van der Waals surface area contributed by atoms with Crippen molar-refractivity contribution in [3.8, 4) is 5.75 Å². The lowest BCUT2D eigenvalue weighted by atomic mass is 10.1. The zero-order valence-corrected chi connectivity index (χ0v) is 7.67. The van der Waals surface area contributed by atoms with E-state index in [1.807, 2.05) is 0 Å². The molecule has 0 saturated heterocycles. The summed E-state index contributed by atoms with van der Waals surface area (Å²) in [7, 11) is 0. The molecule has 0 radical (unpaired) electrons. The van der Waals surface area contributed by atoms with Gasteiger partial charge >= 0.3 is 5.97 Å². The Morgan fingerprint density at radius 2 is 2.36 bits per heavy atom. The van der Waals surface area contributed by atoms with Crippen molar-refractivity contribution < 1.29 is 19.7 Å². The van der Waals surface area contributed by atoms with Gasteiger partial charge in [0.15, 0.2) is 6.10 Å². The number of aliphatic hydroxyl groups is 1. The van der Waals surface area contributed by atoms with Gasteiger partial charge in [-0.1, -0.05) is 0 Å². The van der Waals surface area contributed by atoms with Crippen molar-refractivity contribution in [1.29, 1.82) is 0 Å². The molecule has 0 aliphatic rings. The van der Waals surface area contributed by atoms with E-state index in [0.717, 1.165) is 0 Å². The van der Waals surface area contributed by atoms with Crippen LogP contribution in [-0.4, -0.2) is 27.8 Å². The maximum Gasteiger partial charge on any atom is 0.337 e. The third-order valence-electron chi connectivity index (χ3n) is 1.59. The van der Waals surface area contributed by atoms with Crippen LogP contribution in [0.5, 0.6) is 5.75 Å². The smallest absolute Gasteiger partial charge is 0.337 e. The lowest BCUT2D eigenvalue weighted by molar-refractivity contribution is -0.146. The number of aromatic nitrogens is 1. The van der Waals surface area contributed by atoms with Crippen LogP contribution < -0.4 is 4.74 Å². The second-order valence-corrected chi connectivity index (χ2v) is 2.63. The van der Waals surface area contributed by atoms with Gasteiger partial charge in [0.05, 0.1) is 12.8 Å². The van der Waals surface area contributed by atoms with Crippen molar-refractivity contribution in [2.45, 2.75) is 13.0 Å². The average molecular weight is 197 g/mol. The highest BCUT2D eigenvalue weighted by atomic mass is 16.5. The molecule has 5 nitrogen and oxygen atoms in total. The Hall–Kier alpha value is -1.62. The van der Waals surface area contributed by atoms with Gasteiger partial charge in [-0.25, -0.2) is 4.79 Å². The van der Waals surface area contributed by atoms with Gasteiger partial charge in [-0.05, 0) is 13.0 Å². The molecule has 0 fully saturated rings. The number of hydrogen-bond acceptors (Lipinski definition) is 4. The van der Waals surface area contributed by atoms with Crippen LogP contribution in [0.15, 0.2) is 18.5 Å². The molecule has 1 aromatic heterocycles. The maximum atomic E-state index is 10.5. The fraction of sp³-hybridized carbons (Fsp3) is 0.333. The molecule has 0 saturated carbocycles. The molecule has 1 heterocycles. The lowest BCUT2D eigenvalue weighted by Gasteiger charge is -2.07. The number of carboxylic acid groups (broad SMARTS) is 1. The Morgan fingerprint density at radius 1 is 1.64 bits per heavy atom. The van der Waals surface area contributed by atoms with Crippen molar-refractivity contribution in [2.24, 2.45) is 0 Å². The summed E-state index contributed by atoms with van der Waals surface area (Å²) in [6, 6.07) is 1.45. The maximum absolute atomic E-state index is 10.5. The van der Waals surface area contributed by atoms with Crippen molar-refractivity contribution in [2.75, 3.05) is 6.61 Å². The third-order valence-corrected chi connectivity index (χ3v) is 1.59. The number of hydrogen-bond donors (Lipinski definition) is 2. The minimum absolute atomic E-state index is 0.212. The summed E-state index contributed by atoms with van der Waals surface area (Å²) in [6.07, 6.45) is 1.20. The van der Waals surface area contributed by atoms with Gasteiger partial charge in [0.1, 0.15) is 5.75 Å². The monoisotopic (exact) mass is 197 g/mol. The molecule has 1 atom stereocenters. The highest BCUT2D eigenvalue weighted by molar-refractivity contribution is 5.73. The molecule has 2 N–H and O–H groups in total. The highest BCUT2D eigenvalue weighted by Crippen LogP contribution is 2.17. The van der Waals surface area contributed by atoms with Crippen LogP contribution in [-0.2, 0) is 4.79 Å². The third kappa shape index (κ3) is 2.43. The highest BCUT2D eigenvalue weighted by Gasteiger charge is 2.16. The van der Waals surface area contributed by atoms with Gasteiger partial charge < -0.3 is 14.9 Å². The molecule has 76 valence electrons. The van der Waals surface area contributed by atoms with Crippen LogP contribution >= 0.6 is 0 Å². The standard InChI is InChI=1S/C9H11NO4/c1-2-14-7-3-6(4-10-5-7)8(11)9(12)13/h3-5,8,11H,2H2,1H3,(H,12,13). The molecule has 0 amide bonds. The van der Waals surface area contributed by atoms with E-state index in [0.29, 0.717) is 12.4 Å². The molecule has 1 rings (SSSR count). The van der Waals surface area contributed by atoms with Crippen molar-refractivity contribution >= 4 is 5.97 Å². The predicted octanol–water partition coefficient (Wildman–Crippen LogP) is 0.598. The fourth-order valence-corrected chi connectivity index (χ4v) is 0.973. The summed E-state index contributed by atoms with van der Waals surface area (Å²) in [4.78, 5) is 14.2. The van der Waals surface area contributed by atoms with Crippen LogP contribution in [0.1, 0.15) is 18.6 Å². The molecule has 1 unspecified atom stereocenters. The number of pyridine rings is 1. The second kappa shape index (κ2) is 4.57. The van der Waals surface area contributed by atoms with E-state index in [-0.39, 0.29) is 5.56 Å². The molecule has 0 spiro atoms. The van der Waals surface area contributed by atoms with Crippen LogP contribution in [0.4, 0.5) is 0 Å². The first-order chi connectivity index (χ1) is 6.65. The number of aliphatic carboxylic acids is 1. The molecule has 0 aromatic carbocycles. The Morgan fingerprint density at radius 3 is 2.93 bits per heavy atom. The Kier molecular flexibility index (Phi) is 3.41. The van der Waals surface area contributed by atoms with Gasteiger partial charge in [-0.15, -0.1) is 0 Å². The van der Waals surface area contributed by atoms with E-state index < -0.39 is 12.1 Å². The molecule has 0 aliphatic heterocycles. The normalized spacial score (nSPS) is 12.1. The Labute approximate surface area is 81.0 Å². The first-order valence-electron chi connectivity index (χ1n) is 4.13. The molecule has 0 bridgehead atoms. The lowest BCUT2D eigenvalue weighted by Crippen LogP contribution is -2.10. The second-order valence-electron chi connectivity index (χ2n) is 2.63. The largest absolute Gasteiger partial charge is 0.492 e. The number of ether oxygens (including phenoxy) is 1. The molecule has 5 heteroatoms. The van der Waals surface area contributed by atoms with E-state index in [2.05, 4.69) is 4.98 Å². The van der Waals surface area contributed by atoms with Gasteiger partial charge in [0.2, 0.25) is 0 Å². The average Bonchev–Trinajstić information content (AvgIpc) is 2.17. The molecular formula is C9H11NO4. The van der Waals surface area contributed by atoms with Crippen LogP contribution in [0, 0.1) is 0 Å². The van der Waals surface area contributed by atoms with Gasteiger partial charge in [-0.3, -0.25) is 4.98 Å². The molecule has 14 heavy (non-hydrogen) atoms. The Balaban J connectivity index is 2.87. The molecule has 1 aromatic rings. The predicted molar refractivity (Wildman–Crippen MR) is 48.0 cm³/mol. The molecule has 0 aliphatic carbocycles. The Bertz CT molecular complexity index is 326. The molecular weight excluding hydrogens is 186 g/mol. The summed E-state index contributed by atoms with van der Waals surface area (Å²) in [5, 5.41) is 17.7. The summed E-state index contributed by atoms with van der Waals surface area (Å²) in [5.41, 5.74) is 0.212. The van der Waals surface area contributed by atoms with Crippen LogP contribution in [0.2, 0.25) is 0 Å². The number of nitrogens with zero attached hydrogens (tertiary/aromatic N) is 1. The van der Waals surface area contributed by atoms with Gasteiger partial charge in [0.25, 0.3) is 0 Å². The fourth-order valence-electron chi connectivity index (χ4n) is 0.973. The van der Waals surface area contributed by atoms with Crippen molar-refractivity contribution in [3.05, 3.63) is 24.0 Å². The van der Waals surface area contributed by atoms with Crippen LogP contribution in [0.25, 0.3) is 0 Å². The topological polar surface area (TPSA) is 79.7 Å². The summed E-state index contributed by atoms with van der Waals surface area (Å²) in [6.45, 7) is 2.27. The zero-order valence-electron chi connectivity index (χ0n) is 7.67. The minimum Gasteiger partial charge on any atom is -0.492 e. The SMILES string of the molecule is CCOc1cncc(C(O)C(=O)O)c1. The number of carbonyl (C=O) groups is 1. The first kappa shape index (κ1) is 10.5. The zero-order chi connectivity index (χ0) is 10.6. The van der Waals surface area contributed by atoms with Gasteiger partial charge in [0, 0.05) is 11.8 Å². The van der Waals surface area contributed by atoms with E-state index >= 15 is 0 Å². The summed E-state index contributed by atoms with van der Waals surface area (Å²) < 4.78 is 5.11. The quantitative estimate of drug-likeness (QED) is 0.738. The van der Waals surface area contributed by atoms with E-state index in [1.54, 1.807) is 6.92 Å². The minimum atomic E-state index is -1.55. The van der Waals surface area contributed by atoms with Crippen molar-refractivity contribution in [1.82, 2.24) is 4.98 Å². The van der Waals surface area contributed by atoms with Crippen LogP contribution in [0.3, 0.4) is 0 Å². The van der Waals surface area contributed by atoms with E-state index in [9.17, 15) is 9.90 Å². The van der Waals surface area contributed by atoms with Crippen molar-refractivity contribution in [3.63, 3.8) is 0 Å². The van der Waals surface area contributed by atoms with Gasteiger partial charge in [-0.2, -0.15) is 0 Å².